The molecule has 7 heteroatoms. The van der Waals surface area contributed by atoms with Gasteiger partial charge < -0.3 is 13.9 Å². The Morgan fingerprint density at radius 1 is 1.35 bits per heavy atom. The summed E-state index contributed by atoms with van der Waals surface area (Å²) < 4.78 is 16.9. The lowest BCUT2D eigenvalue weighted by atomic mass is 10.2. The fourth-order valence-corrected chi connectivity index (χ4v) is 2.29. The van der Waals surface area contributed by atoms with Crippen molar-refractivity contribution in [2.75, 3.05) is 6.61 Å². The summed E-state index contributed by atoms with van der Waals surface area (Å²) in [5.41, 5.74) is 0. The Bertz CT molecular complexity index is 652. The molecule has 0 N–H and O–H groups in total. The maximum absolute atomic E-state index is 8.76. The molecule has 3 rings (SSSR count). The molecule has 0 amide bonds. The average molecular weight is 289 g/mol. The molecule has 0 fully saturated rings. The molecule has 1 aromatic heterocycles. The highest BCUT2D eigenvalue weighted by molar-refractivity contribution is 7.99. The summed E-state index contributed by atoms with van der Waals surface area (Å²) in [7, 11) is 0. The van der Waals surface area contributed by atoms with Gasteiger partial charge in [-0.2, -0.15) is 5.26 Å². The standard InChI is InChI=1S/C13H11N3O3S/c1-8(6-14)20-13-16-15-12(19-13)11-7-17-9-4-2-3-5-10(9)18-11/h2-5,8,11H,7H2,1H3/t8-,11+/m0/s1. The summed E-state index contributed by atoms with van der Waals surface area (Å²) in [6.07, 6.45) is -0.427. The maximum Gasteiger partial charge on any atom is 0.278 e. The molecule has 0 aliphatic carbocycles. The van der Waals surface area contributed by atoms with E-state index in [2.05, 4.69) is 16.3 Å². The SMILES string of the molecule is C[C@@H](C#N)Sc1nnc([C@H]2COc3ccccc3O2)o1. The van der Waals surface area contributed by atoms with Crippen molar-refractivity contribution in [3.63, 3.8) is 0 Å². The molecule has 2 aromatic rings. The number of rotatable bonds is 3. The van der Waals surface area contributed by atoms with Crippen molar-refractivity contribution in [2.24, 2.45) is 0 Å². The van der Waals surface area contributed by atoms with E-state index >= 15 is 0 Å². The van der Waals surface area contributed by atoms with Crippen LogP contribution in [0.1, 0.15) is 18.9 Å². The van der Waals surface area contributed by atoms with E-state index in [1.54, 1.807) is 6.92 Å². The van der Waals surface area contributed by atoms with Gasteiger partial charge in [-0.3, -0.25) is 0 Å². The lowest BCUT2D eigenvalue weighted by Crippen LogP contribution is -2.21. The number of thioether (sulfide) groups is 1. The second kappa shape index (κ2) is 5.43. The molecule has 6 nitrogen and oxygen atoms in total. The van der Waals surface area contributed by atoms with Crippen LogP contribution in [0.2, 0.25) is 0 Å². The first-order valence-electron chi connectivity index (χ1n) is 6.04. The van der Waals surface area contributed by atoms with Crippen molar-refractivity contribution in [1.29, 1.82) is 5.26 Å². The van der Waals surface area contributed by atoms with Gasteiger partial charge >= 0.3 is 0 Å². The normalized spacial score (nSPS) is 18.3. The number of hydrogen-bond donors (Lipinski definition) is 0. The van der Waals surface area contributed by atoms with Gasteiger partial charge in [-0.25, -0.2) is 0 Å². The smallest absolute Gasteiger partial charge is 0.278 e. The molecule has 0 saturated carbocycles. The molecule has 20 heavy (non-hydrogen) atoms. The van der Waals surface area contributed by atoms with Gasteiger partial charge in [-0.05, 0) is 30.8 Å². The molecule has 0 saturated heterocycles. The Labute approximate surface area is 119 Å². The first-order chi connectivity index (χ1) is 9.76. The average Bonchev–Trinajstić information content (AvgIpc) is 2.95. The number of nitrogens with zero attached hydrogens (tertiary/aromatic N) is 3. The minimum Gasteiger partial charge on any atom is -0.485 e. The number of nitriles is 1. The molecular weight excluding hydrogens is 278 g/mol. The second-order valence-corrected chi connectivity index (χ2v) is 5.45. The number of benzene rings is 1. The topological polar surface area (TPSA) is 81.2 Å². The van der Waals surface area contributed by atoms with Gasteiger partial charge in [0.05, 0.1) is 11.3 Å². The van der Waals surface area contributed by atoms with E-state index in [0.717, 1.165) is 0 Å². The molecule has 0 radical (unpaired) electrons. The molecule has 2 atom stereocenters. The monoisotopic (exact) mass is 289 g/mol. The van der Waals surface area contributed by atoms with Gasteiger partial charge in [0.15, 0.2) is 11.5 Å². The van der Waals surface area contributed by atoms with Crippen molar-refractivity contribution in [3.05, 3.63) is 30.2 Å². The number of para-hydroxylation sites is 2. The van der Waals surface area contributed by atoms with E-state index in [0.29, 0.717) is 29.2 Å². The van der Waals surface area contributed by atoms with E-state index in [-0.39, 0.29) is 5.25 Å². The zero-order valence-electron chi connectivity index (χ0n) is 10.6. The Morgan fingerprint density at radius 2 is 2.15 bits per heavy atom. The number of ether oxygens (including phenoxy) is 2. The summed E-state index contributed by atoms with van der Waals surface area (Å²) in [4.78, 5) is 0. The third-order valence-electron chi connectivity index (χ3n) is 2.67. The van der Waals surface area contributed by atoms with Crippen molar-refractivity contribution < 1.29 is 13.9 Å². The number of hydrogen-bond acceptors (Lipinski definition) is 7. The predicted molar refractivity (Wildman–Crippen MR) is 70.5 cm³/mol. The summed E-state index contributed by atoms with van der Waals surface area (Å²) in [6, 6.07) is 9.51. The fraction of sp³-hybridized carbons (Fsp3) is 0.308. The van der Waals surface area contributed by atoms with Gasteiger partial charge in [0.2, 0.25) is 6.10 Å². The lowest BCUT2D eigenvalue weighted by molar-refractivity contribution is 0.0686. The first kappa shape index (κ1) is 12.8. The van der Waals surface area contributed by atoms with Crippen molar-refractivity contribution in [3.8, 4) is 17.6 Å². The van der Waals surface area contributed by atoms with Gasteiger partial charge in [-0.1, -0.05) is 12.1 Å². The molecule has 1 aliphatic rings. The van der Waals surface area contributed by atoms with Gasteiger partial charge in [0.25, 0.3) is 11.1 Å². The van der Waals surface area contributed by atoms with E-state index in [1.165, 1.54) is 11.8 Å². The number of fused-ring (bicyclic) bond motifs is 1. The van der Waals surface area contributed by atoms with Crippen LogP contribution in [0.25, 0.3) is 0 Å². The van der Waals surface area contributed by atoms with E-state index in [1.807, 2.05) is 24.3 Å². The molecule has 0 bridgehead atoms. The lowest BCUT2D eigenvalue weighted by Gasteiger charge is -2.23. The van der Waals surface area contributed by atoms with Crippen LogP contribution in [0.4, 0.5) is 0 Å². The third-order valence-corrected chi connectivity index (χ3v) is 3.49. The largest absolute Gasteiger partial charge is 0.485 e. The van der Waals surface area contributed by atoms with Crippen molar-refractivity contribution in [1.82, 2.24) is 10.2 Å². The minimum absolute atomic E-state index is 0.243. The van der Waals surface area contributed by atoms with Crippen molar-refractivity contribution in [2.45, 2.75) is 23.5 Å². The Kier molecular flexibility index (Phi) is 3.48. The first-order valence-corrected chi connectivity index (χ1v) is 6.92. The van der Waals surface area contributed by atoms with Crippen LogP contribution >= 0.6 is 11.8 Å². The number of aromatic nitrogens is 2. The molecule has 1 aliphatic heterocycles. The van der Waals surface area contributed by atoms with E-state index in [4.69, 9.17) is 19.2 Å². The van der Waals surface area contributed by atoms with Gasteiger partial charge in [0, 0.05) is 0 Å². The molecular formula is C13H11N3O3S. The molecule has 102 valence electrons. The summed E-state index contributed by atoms with van der Waals surface area (Å²) in [6.45, 7) is 2.09. The molecule has 2 heterocycles. The zero-order chi connectivity index (χ0) is 13.9. The van der Waals surface area contributed by atoms with Crippen LogP contribution in [0.15, 0.2) is 33.9 Å². The minimum atomic E-state index is -0.427. The fourth-order valence-electron chi connectivity index (χ4n) is 1.72. The predicted octanol–water partition coefficient (Wildman–Crippen LogP) is 2.59. The Morgan fingerprint density at radius 3 is 2.95 bits per heavy atom. The van der Waals surface area contributed by atoms with Crippen LogP contribution in [0.5, 0.6) is 11.5 Å². The van der Waals surface area contributed by atoms with Crippen LogP contribution in [-0.4, -0.2) is 22.1 Å². The Balaban J connectivity index is 1.74. The molecule has 0 unspecified atom stereocenters. The zero-order valence-corrected chi connectivity index (χ0v) is 11.5. The van der Waals surface area contributed by atoms with Gasteiger partial charge in [0.1, 0.15) is 6.61 Å². The van der Waals surface area contributed by atoms with E-state index < -0.39 is 6.10 Å². The van der Waals surface area contributed by atoms with Gasteiger partial charge in [-0.15, -0.1) is 10.2 Å². The van der Waals surface area contributed by atoms with Crippen LogP contribution < -0.4 is 9.47 Å². The highest BCUT2D eigenvalue weighted by Crippen LogP contribution is 2.36. The maximum atomic E-state index is 8.76. The summed E-state index contributed by atoms with van der Waals surface area (Å²) in [5.74, 6) is 1.71. The van der Waals surface area contributed by atoms with Crippen LogP contribution in [-0.2, 0) is 0 Å². The van der Waals surface area contributed by atoms with Crippen LogP contribution in [0, 0.1) is 11.3 Å². The Hall–Kier alpha value is -2.20. The second-order valence-electron chi connectivity index (χ2n) is 4.16. The molecule has 1 aromatic carbocycles. The summed E-state index contributed by atoms with van der Waals surface area (Å²) >= 11 is 1.22. The summed E-state index contributed by atoms with van der Waals surface area (Å²) in [5, 5.41) is 16.7. The van der Waals surface area contributed by atoms with E-state index in [9.17, 15) is 0 Å². The highest BCUT2D eigenvalue weighted by Gasteiger charge is 2.27. The molecule has 0 spiro atoms. The van der Waals surface area contributed by atoms with Crippen LogP contribution in [0.3, 0.4) is 0 Å². The van der Waals surface area contributed by atoms with Crippen molar-refractivity contribution >= 4 is 11.8 Å². The quantitative estimate of drug-likeness (QED) is 0.803. The highest BCUT2D eigenvalue weighted by atomic mass is 32.2. The third kappa shape index (κ3) is 2.56.